The van der Waals surface area contributed by atoms with Gasteiger partial charge in [0.2, 0.25) is 0 Å². The van der Waals surface area contributed by atoms with Crippen LogP contribution in [-0.4, -0.2) is 43.9 Å². The predicted octanol–water partition coefficient (Wildman–Crippen LogP) is 1.30. The molecule has 0 aliphatic carbocycles. The number of ketones is 1. The van der Waals surface area contributed by atoms with E-state index in [0.29, 0.717) is 6.54 Å². The Bertz CT molecular complexity index is 766. The summed E-state index contributed by atoms with van der Waals surface area (Å²) in [5.74, 6) is 0.194. The highest BCUT2D eigenvalue weighted by Crippen LogP contribution is 2.15. The number of benzene rings is 2. The molecule has 1 atom stereocenters. The second-order valence-electron chi connectivity index (χ2n) is 7.17. The summed E-state index contributed by atoms with van der Waals surface area (Å²) < 4.78 is 0. The van der Waals surface area contributed by atoms with Crippen LogP contribution >= 0.6 is 0 Å². The molecule has 1 saturated heterocycles. The van der Waals surface area contributed by atoms with Gasteiger partial charge in [-0.1, -0.05) is 30.3 Å². The number of amides is 1. The zero-order valence-corrected chi connectivity index (χ0v) is 16.1. The summed E-state index contributed by atoms with van der Waals surface area (Å²) in [5, 5.41) is 3.05. The highest BCUT2D eigenvalue weighted by atomic mass is 16.2. The molecule has 0 spiro atoms. The number of rotatable bonds is 6. The molecule has 3 rings (SSSR count). The minimum Gasteiger partial charge on any atom is -0.360 e. The molecule has 0 unspecified atom stereocenters. The van der Waals surface area contributed by atoms with E-state index in [1.54, 1.807) is 6.92 Å². The summed E-state index contributed by atoms with van der Waals surface area (Å²) in [4.78, 5) is 27.5. The third-order valence-electron chi connectivity index (χ3n) is 5.36. The zero-order chi connectivity index (χ0) is 19.2. The smallest absolute Gasteiger partial charge is 0.278 e. The van der Waals surface area contributed by atoms with E-state index in [9.17, 15) is 9.59 Å². The lowest BCUT2D eigenvalue weighted by Gasteiger charge is -2.36. The summed E-state index contributed by atoms with van der Waals surface area (Å²) in [5.41, 5.74) is 3.00. The number of hydrogen-bond donors (Lipinski definition) is 2. The van der Waals surface area contributed by atoms with Crippen molar-refractivity contribution in [3.05, 3.63) is 65.7 Å². The van der Waals surface area contributed by atoms with Crippen LogP contribution in [0.15, 0.2) is 54.6 Å². The van der Waals surface area contributed by atoms with Crippen molar-refractivity contribution in [1.82, 2.24) is 5.32 Å². The van der Waals surface area contributed by atoms with Crippen LogP contribution in [0.4, 0.5) is 5.69 Å². The Morgan fingerprint density at radius 1 is 1.04 bits per heavy atom. The fourth-order valence-corrected chi connectivity index (χ4v) is 3.52. The first kappa shape index (κ1) is 19.1. The van der Waals surface area contributed by atoms with Gasteiger partial charge in [-0.25, -0.2) is 0 Å². The molecule has 1 aliphatic heterocycles. The molecular formula is C22H28N3O2+. The number of Topliss-reactive ketones (excluding diaryl/α,β-unsaturated/α-hetero) is 1. The maximum Gasteiger partial charge on any atom is 0.278 e. The van der Waals surface area contributed by atoms with Crippen molar-refractivity contribution in [3.8, 4) is 0 Å². The Morgan fingerprint density at radius 3 is 2.26 bits per heavy atom. The van der Waals surface area contributed by atoms with Crippen LogP contribution in [-0.2, 0) is 11.3 Å². The van der Waals surface area contributed by atoms with Gasteiger partial charge in [0.15, 0.2) is 11.8 Å². The van der Waals surface area contributed by atoms with Crippen molar-refractivity contribution < 1.29 is 14.5 Å². The zero-order valence-electron chi connectivity index (χ0n) is 16.1. The highest BCUT2D eigenvalue weighted by molar-refractivity contribution is 5.94. The number of nitrogens with one attached hydrogen (secondary N) is 2. The molecule has 0 radical (unpaired) electrons. The number of anilines is 1. The molecule has 1 fully saturated rings. The van der Waals surface area contributed by atoms with Gasteiger partial charge in [0, 0.05) is 17.8 Å². The third-order valence-corrected chi connectivity index (χ3v) is 5.36. The first-order valence-corrected chi connectivity index (χ1v) is 9.57. The number of piperazine rings is 1. The Kier molecular flexibility index (Phi) is 6.24. The Hall–Kier alpha value is -2.66. The number of carbonyl (C=O) groups excluding carboxylic acids is 2. The molecule has 2 aromatic rings. The molecule has 142 valence electrons. The average molecular weight is 366 g/mol. The fraction of sp³-hybridized carbons (Fsp3) is 0.364. The van der Waals surface area contributed by atoms with Crippen molar-refractivity contribution in [2.75, 3.05) is 31.1 Å². The Labute approximate surface area is 161 Å². The summed E-state index contributed by atoms with van der Waals surface area (Å²) in [6, 6.07) is 17.7. The van der Waals surface area contributed by atoms with Crippen LogP contribution in [0.2, 0.25) is 0 Å². The van der Waals surface area contributed by atoms with Gasteiger partial charge >= 0.3 is 0 Å². The Balaban J connectivity index is 1.49. The van der Waals surface area contributed by atoms with Crippen LogP contribution in [0.3, 0.4) is 0 Å². The summed E-state index contributed by atoms with van der Waals surface area (Å²) in [7, 11) is 0. The molecule has 2 aromatic carbocycles. The largest absolute Gasteiger partial charge is 0.360 e. The maximum atomic E-state index is 12.5. The van der Waals surface area contributed by atoms with Crippen molar-refractivity contribution >= 4 is 17.4 Å². The standard InChI is InChI=1S/C22H27N3O2/c1-17(22(27)23-16-19-6-4-3-5-7-19)24-12-14-25(15-13-24)21-10-8-20(9-11-21)18(2)26/h3-11,17H,12-16H2,1-2H3,(H,23,27)/p+1/t17-/m0/s1. The van der Waals surface area contributed by atoms with E-state index < -0.39 is 0 Å². The van der Waals surface area contributed by atoms with E-state index in [2.05, 4.69) is 10.2 Å². The minimum absolute atomic E-state index is 0.0593. The van der Waals surface area contributed by atoms with Gasteiger partial charge in [-0.15, -0.1) is 0 Å². The quantitative estimate of drug-likeness (QED) is 0.758. The summed E-state index contributed by atoms with van der Waals surface area (Å²) in [6.45, 7) is 7.83. The van der Waals surface area contributed by atoms with Crippen molar-refractivity contribution in [1.29, 1.82) is 0 Å². The molecule has 5 heteroatoms. The number of hydrogen-bond acceptors (Lipinski definition) is 3. The normalized spacial score (nSPS) is 16.0. The molecule has 27 heavy (non-hydrogen) atoms. The first-order chi connectivity index (χ1) is 13.0. The fourth-order valence-electron chi connectivity index (χ4n) is 3.52. The number of nitrogens with zero attached hydrogens (tertiary/aromatic N) is 1. The molecule has 5 nitrogen and oxygen atoms in total. The molecular weight excluding hydrogens is 338 g/mol. The maximum absolute atomic E-state index is 12.5. The lowest BCUT2D eigenvalue weighted by molar-refractivity contribution is -0.914. The van der Waals surface area contributed by atoms with Gasteiger partial charge in [-0.3, -0.25) is 9.59 Å². The summed E-state index contributed by atoms with van der Waals surface area (Å²) >= 11 is 0. The van der Waals surface area contributed by atoms with E-state index in [0.717, 1.165) is 43.0 Å². The monoisotopic (exact) mass is 366 g/mol. The second kappa shape index (κ2) is 8.82. The van der Waals surface area contributed by atoms with Crippen molar-refractivity contribution in [3.63, 3.8) is 0 Å². The predicted molar refractivity (Wildman–Crippen MR) is 107 cm³/mol. The van der Waals surface area contributed by atoms with Crippen LogP contribution in [0.25, 0.3) is 0 Å². The minimum atomic E-state index is -0.0593. The van der Waals surface area contributed by atoms with E-state index >= 15 is 0 Å². The lowest BCUT2D eigenvalue weighted by atomic mass is 10.1. The molecule has 0 bridgehead atoms. The van der Waals surface area contributed by atoms with Gasteiger partial charge in [0.1, 0.15) is 0 Å². The average Bonchev–Trinajstić information content (AvgIpc) is 2.72. The molecule has 1 aliphatic rings. The van der Waals surface area contributed by atoms with Crippen LogP contribution in [0, 0.1) is 0 Å². The lowest BCUT2D eigenvalue weighted by Crippen LogP contribution is -3.19. The van der Waals surface area contributed by atoms with Gasteiger partial charge in [-0.2, -0.15) is 0 Å². The van der Waals surface area contributed by atoms with E-state index in [-0.39, 0.29) is 17.7 Å². The Morgan fingerprint density at radius 2 is 1.67 bits per heavy atom. The SMILES string of the molecule is CC(=O)c1ccc(N2CC[NH+]([C@@H](C)C(=O)NCc3ccccc3)CC2)cc1. The van der Waals surface area contributed by atoms with Gasteiger partial charge in [0.25, 0.3) is 5.91 Å². The number of carbonyl (C=O) groups is 2. The van der Waals surface area contributed by atoms with Gasteiger partial charge in [0.05, 0.1) is 26.2 Å². The summed E-state index contributed by atoms with van der Waals surface area (Å²) in [6.07, 6.45) is 0. The van der Waals surface area contributed by atoms with E-state index in [4.69, 9.17) is 0 Å². The van der Waals surface area contributed by atoms with Crippen LogP contribution < -0.4 is 15.1 Å². The number of quaternary nitrogens is 1. The third kappa shape index (κ3) is 4.95. The van der Waals surface area contributed by atoms with Crippen molar-refractivity contribution in [2.24, 2.45) is 0 Å². The molecule has 1 amide bonds. The molecule has 2 N–H and O–H groups in total. The first-order valence-electron chi connectivity index (χ1n) is 9.57. The molecule has 1 heterocycles. The molecule has 0 saturated carbocycles. The topological polar surface area (TPSA) is 53.9 Å². The van der Waals surface area contributed by atoms with E-state index in [1.807, 2.05) is 61.5 Å². The van der Waals surface area contributed by atoms with Crippen molar-refractivity contribution in [2.45, 2.75) is 26.4 Å². The highest BCUT2D eigenvalue weighted by Gasteiger charge is 2.29. The van der Waals surface area contributed by atoms with Gasteiger partial charge in [-0.05, 0) is 43.7 Å². The van der Waals surface area contributed by atoms with Gasteiger partial charge < -0.3 is 15.1 Å². The van der Waals surface area contributed by atoms with Crippen LogP contribution in [0.5, 0.6) is 0 Å². The van der Waals surface area contributed by atoms with E-state index in [1.165, 1.54) is 4.90 Å². The molecule has 0 aromatic heterocycles. The van der Waals surface area contributed by atoms with Crippen LogP contribution in [0.1, 0.15) is 29.8 Å². The second-order valence-corrected chi connectivity index (χ2v) is 7.17.